The van der Waals surface area contributed by atoms with E-state index in [9.17, 15) is 18.0 Å². The molecular formula is C24H30N2O5S. The second kappa shape index (κ2) is 8.83. The Bertz CT molecular complexity index is 1160. The lowest BCUT2D eigenvalue weighted by molar-refractivity contribution is 0.0474. The van der Waals surface area contributed by atoms with E-state index < -0.39 is 16.0 Å². The molecule has 0 amide bonds. The molecule has 0 N–H and O–H groups in total. The highest BCUT2D eigenvalue weighted by atomic mass is 32.2. The topological polar surface area (TPSA) is 85.7 Å². The monoisotopic (exact) mass is 458 g/mol. The highest BCUT2D eigenvalue weighted by molar-refractivity contribution is 7.89. The van der Waals surface area contributed by atoms with Crippen molar-refractivity contribution in [3.05, 3.63) is 52.3 Å². The van der Waals surface area contributed by atoms with Gasteiger partial charge >= 0.3 is 5.97 Å². The summed E-state index contributed by atoms with van der Waals surface area (Å²) in [6.45, 7) is 6.21. The number of ketones is 1. The molecule has 2 fully saturated rings. The Morgan fingerprint density at radius 1 is 1.03 bits per heavy atom. The summed E-state index contributed by atoms with van der Waals surface area (Å²) in [6, 6.07) is 6.82. The minimum atomic E-state index is -3.68. The molecule has 0 unspecified atom stereocenters. The van der Waals surface area contributed by atoms with Gasteiger partial charge in [0.2, 0.25) is 15.8 Å². The van der Waals surface area contributed by atoms with Crippen LogP contribution in [0.25, 0.3) is 0 Å². The van der Waals surface area contributed by atoms with Crippen LogP contribution in [0.4, 0.5) is 0 Å². The van der Waals surface area contributed by atoms with Crippen molar-refractivity contribution in [2.75, 3.05) is 19.7 Å². The first-order chi connectivity index (χ1) is 15.2. The summed E-state index contributed by atoms with van der Waals surface area (Å²) in [7, 11) is -3.68. The third-order valence-electron chi connectivity index (χ3n) is 6.39. The van der Waals surface area contributed by atoms with E-state index in [1.807, 2.05) is 19.9 Å². The van der Waals surface area contributed by atoms with Gasteiger partial charge in [0.1, 0.15) is 0 Å². The third-order valence-corrected chi connectivity index (χ3v) is 8.43. The molecule has 32 heavy (non-hydrogen) atoms. The normalized spacial score (nSPS) is 17.3. The Kier molecular flexibility index (Phi) is 6.27. The Balaban J connectivity index is 1.48. The fraction of sp³-hybridized carbons (Fsp3) is 0.500. The maximum atomic E-state index is 13.1. The van der Waals surface area contributed by atoms with Crippen LogP contribution in [0.1, 0.15) is 75.8 Å². The Labute approximate surface area is 189 Å². The molecule has 1 saturated carbocycles. The van der Waals surface area contributed by atoms with Crippen LogP contribution in [0.2, 0.25) is 0 Å². The fourth-order valence-corrected chi connectivity index (χ4v) is 6.26. The largest absolute Gasteiger partial charge is 0.454 e. The van der Waals surface area contributed by atoms with Crippen LogP contribution in [-0.4, -0.2) is 48.7 Å². The van der Waals surface area contributed by atoms with Crippen LogP contribution in [0.5, 0.6) is 0 Å². The van der Waals surface area contributed by atoms with Gasteiger partial charge in [-0.2, -0.15) is 4.31 Å². The first-order valence-electron chi connectivity index (χ1n) is 11.2. The summed E-state index contributed by atoms with van der Waals surface area (Å²) < 4.78 is 35.1. The number of hydrogen-bond donors (Lipinski definition) is 0. The summed E-state index contributed by atoms with van der Waals surface area (Å²) >= 11 is 0. The van der Waals surface area contributed by atoms with Crippen molar-refractivity contribution in [1.82, 2.24) is 8.87 Å². The molecule has 172 valence electrons. The first kappa shape index (κ1) is 22.7. The molecule has 0 atom stereocenters. The van der Waals surface area contributed by atoms with Gasteiger partial charge in [0, 0.05) is 36.1 Å². The first-order valence-corrected chi connectivity index (χ1v) is 12.6. The molecule has 7 nitrogen and oxygen atoms in total. The maximum Gasteiger partial charge on any atom is 0.338 e. The van der Waals surface area contributed by atoms with Crippen LogP contribution in [-0.2, 0) is 14.8 Å². The molecule has 1 saturated heterocycles. The van der Waals surface area contributed by atoms with Gasteiger partial charge in [-0.05, 0) is 70.2 Å². The molecular weight excluding hydrogens is 428 g/mol. The second-order valence-electron chi connectivity index (χ2n) is 8.83. The van der Waals surface area contributed by atoms with Crippen LogP contribution in [0, 0.1) is 20.8 Å². The summed E-state index contributed by atoms with van der Waals surface area (Å²) in [6.07, 6.45) is 4.94. The zero-order valence-corrected chi connectivity index (χ0v) is 19.7. The van der Waals surface area contributed by atoms with Crippen molar-refractivity contribution in [2.45, 2.75) is 63.8 Å². The molecule has 4 rings (SSSR count). The number of hydrogen-bond acceptors (Lipinski definition) is 5. The highest BCUT2D eigenvalue weighted by Gasteiger charge is 2.30. The molecule has 1 aliphatic carbocycles. The lowest BCUT2D eigenvalue weighted by Crippen LogP contribution is -2.36. The van der Waals surface area contributed by atoms with Crippen molar-refractivity contribution < 1.29 is 22.7 Å². The predicted octanol–water partition coefficient (Wildman–Crippen LogP) is 3.96. The average Bonchev–Trinajstić information content (AvgIpc) is 3.56. The molecule has 0 spiro atoms. The summed E-state index contributed by atoms with van der Waals surface area (Å²) in [5.74, 6) is -0.962. The maximum absolute atomic E-state index is 13.1. The molecule has 2 aliphatic rings. The van der Waals surface area contributed by atoms with E-state index in [1.54, 1.807) is 13.0 Å². The molecule has 1 aromatic carbocycles. The number of ether oxygens (including phenoxy) is 1. The number of rotatable bonds is 7. The second-order valence-corrected chi connectivity index (χ2v) is 10.7. The highest BCUT2D eigenvalue weighted by Crippen LogP contribution is 2.38. The summed E-state index contributed by atoms with van der Waals surface area (Å²) in [5.41, 5.74) is 3.21. The number of carbonyl (C=O) groups excluding carboxylic acids is 2. The van der Waals surface area contributed by atoms with Crippen LogP contribution < -0.4 is 0 Å². The SMILES string of the molecule is Cc1ccc(C(=O)OCC(=O)c2cc(C)n(C3CC3)c2C)cc1S(=O)(=O)N1CCCCC1. The smallest absolute Gasteiger partial charge is 0.338 e. The summed E-state index contributed by atoms with van der Waals surface area (Å²) in [4.78, 5) is 25.5. The van der Waals surface area contributed by atoms with Gasteiger partial charge in [-0.25, -0.2) is 13.2 Å². The standard InChI is InChI=1S/C24H30N2O5S/c1-16-7-8-19(14-23(16)32(29,30)25-11-5-4-6-12-25)24(28)31-15-22(27)21-13-17(2)26(18(21)3)20-9-10-20/h7-8,13-14,20H,4-6,9-12,15H2,1-3H3. The minimum Gasteiger partial charge on any atom is -0.454 e. The van der Waals surface area contributed by atoms with Crippen molar-refractivity contribution in [3.8, 4) is 0 Å². The van der Waals surface area contributed by atoms with Gasteiger partial charge in [-0.3, -0.25) is 4.79 Å². The fourth-order valence-electron chi connectivity index (χ4n) is 4.50. The van der Waals surface area contributed by atoms with Crippen LogP contribution in [0.15, 0.2) is 29.2 Å². The number of Topliss-reactive ketones (excluding diaryl/α,β-unsaturated/α-hetero) is 1. The van der Waals surface area contributed by atoms with E-state index in [1.165, 1.54) is 16.4 Å². The van der Waals surface area contributed by atoms with Gasteiger partial charge < -0.3 is 9.30 Å². The Hall–Kier alpha value is -2.45. The summed E-state index contributed by atoms with van der Waals surface area (Å²) in [5, 5.41) is 0. The number of nitrogens with zero attached hydrogens (tertiary/aromatic N) is 2. The molecule has 0 radical (unpaired) electrons. The van der Waals surface area contributed by atoms with Crippen molar-refractivity contribution >= 4 is 21.8 Å². The van der Waals surface area contributed by atoms with Gasteiger partial charge in [0.25, 0.3) is 0 Å². The Morgan fingerprint density at radius 3 is 2.38 bits per heavy atom. The van der Waals surface area contributed by atoms with Gasteiger partial charge in [-0.1, -0.05) is 12.5 Å². The van der Waals surface area contributed by atoms with E-state index in [-0.39, 0.29) is 22.8 Å². The van der Waals surface area contributed by atoms with Crippen molar-refractivity contribution in [1.29, 1.82) is 0 Å². The number of piperidine rings is 1. The van der Waals surface area contributed by atoms with Gasteiger partial charge in [0.05, 0.1) is 10.5 Å². The quantitative estimate of drug-likeness (QED) is 0.463. The number of esters is 1. The van der Waals surface area contributed by atoms with E-state index in [0.717, 1.165) is 43.5 Å². The zero-order chi connectivity index (χ0) is 23.0. The molecule has 1 aliphatic heterocycles. The van der Waals surface area contributed by atoms with Crippen molar-refractivity contribution in [2.24, 2.45) is 0 Å². The lowest BCUT2D eigenvalue weighted by atomic mass is 10.1. The van der Waals surface area contributed by atoms with Crippen LogP contribution >= 0.6 is 0 Å². The van der Waals surface area contributed by atoms with Gasteiger partial charge in [-0.15, -0.1) is 0 Å². The van der Waals surface area contributed by atoms with Gasteiger partial charge in [0.15, 0.2) is 6.61 Å². The minimum absolute atomic E-state index is 0.119. The van der Waals surface area contributed by atoms with E-state index in [4.69, 9.17) is 4.74 Å². The number of sulfonamides is 1. The third kappa shape index (κ3) is 4.38. The van der Waals surface area contributed by atoms with Crippen molar-refractivity contribution in [3.63, 3.8) is 0 Å². The number of aromatic nitrogens is 1. The molecule has 8 heteroatoms. The van der Waals surface area contributed by atoms with Crippen LogP contribution in [0.3, 0.4) is 0 Å². The van der Waals surface area contributed by atoms with E-state index in [2.05, 4.69) is 4.57 Å². The van der Waals surface area contributed by atoms with E-state index in [0.29, 0.717) is 30.3 Å². The molecule has 2 heterocycles. The molecule has 0 bridgehead atoms. The zero-order valence-electron chi connectivity index (χ0n) is 18.9. The Morgan fingerprint density at radius 2 is 1.72 bits per heavy atom. The lowest BCUT2D eigenvalue weighted by Gasteiger charge is -2.26. The average molecular weight is 459 g/mol. The number of benzene rings is 1. The molecule has 1 aromatic heterocycles. The molecule has 2 aromatic rings. The number of aryl methyl sites for hydroxylation is 2. The predicted molar refractivity (Wildman–Crippen MR) is 121 cm³/mol. The van der Waals surface area contributed by atoms with E-state index >= 15 is 0 Å². The number of carbonyl (C=O) groups is 2.